The highest BCUT2D eigenvalue weighted by Crippen LogP contribution is 2.07. The molecule has 0 radical (unpaired) electrons. The van der Waals surface area contributed by atoms with Crippen LogP contribution in [0.3, 0.4) is 0 Å². The summed E-state index contributed by atoms with van der Waals surface area (Å²) in [6.45, 7) is 5.81. The third-order valence-electron chi connectivity index (χ3n) is 1.69. The van der Waals surface area contributed by atoms with Crippen molar-refractivity contribution in [2.75, 3.05) is 6.61 Å². The number of hydrogen-bond donors (Lipinski definition) is 2. The minimum absolute atomic E-state index is 0.00227. The van der Waals surface area contributed by atoms with Crippen molar-refractivity contribution in [3.8, 4) is 0 Å². The predicted octanol–water partition coefficient (Wildman–Crippen LogP) is 1.64. The van der Waals surface area contributed by atoms with Gasteiger partial charge in [0.1, 0.15) is 0 Å². The van der Waals surface area contributed by atoms with E-state index in [-0.39, 0.29) is 6.61 Å². The van der Waals surface area contributed by atoms with Crippen LogP contribution in [0.25, 0.3) is 0 Å². The quantitative estimate of drug-likeness (QED) is 0.630. The van der Waals surface area contributed by atoms with Gasteiger partial charge in [-0.05, 0) is 32.8 Å². The molecular weight excluding hydrogens is 152 g/mol. The van der Waals surface area contributed by atoms with Crippen molar-refractivity contribution >= 4 is 0 Å². The third kappa shape index (κ3) is 5.10. The maximum atomic E-state index is 9.47. The van der Waals surface area contributed by atoms with Crippen LogP contribution in [0.2, 0.25) is 0 Å². The summed E-state index contributed by atoms with van der Waals surface area (Å²) in [5.41, 5.74) is 2.03. The predicted molar refractivity (Wildman–Crippen MR) is 50.9 cm³/mol. The van der Waals surface area contributed by atoms with Crippen molar-refractivity contribution in [1.82, 2.24) is 0 Å². The summed E-state index contributed by atoms with van der Waals surface area (Å²) in [4.78, 5) is 0. The number of rotatable bonds is 4. The summed E-state index contributed by atoms with van der Waals surface area (Å²) in [5.74, 6) is 0. The van der Waals surface area contributed by atoms with Crippen molar-refractivity contribution < 1.29 is 10.2 Å². The van der Waals surface area contributed by atoms with E-state index in [9.17, 15) is 5.11 Å². The fourth-order valence-corrected chi connectivity index (χ4v) is 0.813. The van der Waals surface area contributed by atoms with Gasteiger partial charge in [-0.2, -0.15) is 0 Å². The molecular formula is C10H18O2. The van der Waals surface area contributed by atoms with E-state index < -0.39 is 6.10 Å². The number of allylic oxidation sites excluding steroid dienone is 1. The summed E-state index contributed by atoms with van der Waals surface area (Å²) in [7, 11) is 0. The normalized spacial score (nSPS) is 14.2. The average molecular weight is 170 g/mol. The minimum atomic E-state index is -0.452. The molecule has 2 N–H and O–H groups in total. The fraction of sp³-hybridized carbons (Fsp3) is 0.600. The van der Waals surface area contributed by atoms with Crippen molar-refractivity contribution in [3.05, 3.63) is 23.3 Å². The smallest absolute Gasteiger partial charge is 0.0782 e. The van der Waals surface area contributed by atoms with Crippen LogP contribution < -0.4 is 0 Å². The first-order valence-corrected chi connectivity index (χ1v) is 4.17. The standard InChI is InChI=1S/C10H18O2/c1-8(2)4-5-10(12)9(3)6-7-11/h4,6,10-12H,5,7H2,1-3H3/b9-6+. The molecule has 0 aromatic heterocycles. The van der Waals surface area contributed by atoms with Crippen LogP contribution in [-0.2, 0) is 0 Å². The van der Waals surface area contributed by atoms with Crippen molar-refractivity contribution in [3.63, 3.8) is 0 Å². The first kappa shape index (κ1) is 11.4. The van der Waals surface area contributed by atoms with E-state index in [0.29, 0.717) is 6.42 Å². The van der Waals surface area contributed by atoms with Gasteiger partial charge in [-0.1, -0.05) is 17.7 Å². The van der Waals surface area contributed by atoms with E-state index >= 15 is 0 Å². The topological polar surface area (TPSA) is 40.5 Å². The van der Waals surface area contributed by atoms with Gasteiger partial charge in [-0.25, -0.2) is 0 Å². The Morgan fingerprint density at radius 3 is 2.25 bits per heavy atom. The van der Waals surface area contributed by atoms with Crippen molar-refractivity contribution in [2.45, 2.75) is 33.3 Å². The highest BCUT2D eigenvalue weighted by molar-refractivity contribution is 5.08. The molecule has 0 amide bonds. The molecule has 2 nitrogen and oxygen atoms in total. The van der Waals surface area contributed by atoms with Gasteiger partial charge in [0, 0.05) is 0 Å². The lowest BCUT2D eigenvalue weighted by molar-refractivity contribution is 0.212. The van der Waals surface area contributed by atoms with Crippen molar-refractivity contribution in [2.24, 2.45) is 0 Å². The zero-order chi connectivity index (χ0) is 9.56. The minimum Gasteiger partial charge on any atom is -0.392 e. The summed E-state index contributed by atoms with van der Waals surface area (Å²) in [5, 5.41) is 18.0. The van der Waals surface area contributed by atoms with Crippen LogP contribution in [0.15, 0.2) is 23.3 Å². The second kappa shape index (κ2) is 5.98. The number of aliphatic hydroxyl groups is 2. The van der Waals surface area contributed by atoms with Crippen LogP contribution in [-0.4, -0.2) is 22.9 Å². The molecule has 0 bridgehead atoms. The first-order chi connectivity index (χ1) is 5.57. The van der Waals surface area contributed by atoms with Gasteiger partial charge in [-0.15, -0.1) is 0 Å². The highest BCUT2D eigenvalue weighted by atomic mass is 16.3. The molecule has 0 aliphatic rings. The average Bonchev–Trinajstić information content (AvgIpc) is 2.00. The molecule has 1 atom stereocenters. The van der Waals surface area contributed by atoms with Gasteiger partial charge < -0.3 is 10.2 Å². The van der Waals surface area contributed by atoms with E-state index in [0.717, 1.165) is 5.57 Å². The summed E-state index contributed by atoms with van der Waals surface area (Å²) < 4.78 is 0. The Balaban J connectivity index is 3.95. The second-order valence-corrected chi connectivity index (χ2v) is 3.16. The molecule has 0 spiro atoms. The molecule has 0 aromatic carbocycles. The van der Waals surface area contributed by atoms with Crippen LogP contribution >= 0.6 is 0 Å². The Kier molecular flexibility index (Phi) is 5.68. The lowest BCUT2D eigenvalue weighted by Crippen LogP contribution is -2.07. The maximum Gasteiger partial charge on any atom is 0.0782 e. The Morgan fingerprint density at radius 1 is 1.25 bits per heavy atom. The molecule has 0 aromatic rings. The SMILES string of the molecule is CC(C)=CCC(O)/C(C)=C/CO. The van der Waals surface area contributed by atoms with E-state index in [4.69, 9.17) is 5.11 Å². The summed E-state index contributed by atoms with van der Waals surface area (Å²) >= 11 is 0. The van der Waals surface area contributed by atoms with E-state index in [1.54, 1.807) is 6.08 Å². The van der Waals surface area contributed by atoms with Crippen LogP contribution in [0.1, 0.15) is 27.2 Å². The molecule has 2 heteroatoms. The zero-order valence-corrected chi connectivity index (χ0v) is 8.04. The van der Waals surface area contributed by atoms with Crippen LogP contribution in [0.4, 0.5) is 0 Å². The number of hydrogen-bond acceptors (Lipinski definition) is 2. The van der Waals surface area contributed by atoms with E-state index in [1.165, 1.54) is 5.57 Å². The van der Waals surface area contributed by atoms with Gasteiger partial charge in [-0.3, -0.25) is 0 Å². The Labute approximate surface area is 74.2 Å². The largest absolute Gasteiger partial charge is 0.392 e. The highest BCUT2D eigenvalue weighted by Gasteiger charge is 2.02. The molecule has 0 aliphatic carbocycles. The summed E-state index contributed by atoms with van der Waals surface area (Å²) in [6, 6.07) is 0. The van der Waals surface area contributed by atoms with E-state index in [2.05, 4.69) is 0 Å². The van der Waals surface area contributed by atoms with Crippen LogP contribution in [0.5, 0.6) is 0 Å². The molecule has 0 saturated heterocycles. The van der Waals surface area contributed by atoms with Gasteiger partial charge >= 0.3 is 0 Å². The number of aliphatic hydroxyl groups excluding tert-OH is 2. The Hall–Kier alpha value is -0.600. The van der Waals surface area contributed by atoms with Gasteiger partial charge in [0.05, 0.1) is 12.7 Å². The lowest BCUT2D eigenvalue weighted by atomic mass is 10.1. The van der Waals surface area contributed by atoms with Gasteiger partial charge in [0.2, 0.25) is 0 Å². The molecule has 0 aliphatic heterocycles. The molecule has 0 heterocycles. The molecule has 0 saturated carbocycles. The van der Waals surface area contributed by atoms with Gasteiger partial charge in [0.25, 0.3) is 0 Å². The molecule has 0 fully saturated rings. The Morgan fingerprint density at radius 2 is 1.83 bits per heavy atom. The maximum absolute atomic E-state index is 9.47. The Bertz CT molecular complexity index is 176. The second-order valence-electron chi connectivity index (χ2n) is 3.16. The monoisotopic (exact) mass is 170 g/mol. The van der Waals surface area contributed by atoms with Gasteiger partial charge in [0.15, 0.2) is 0 Å². The molecule has 1 unspecified atom stereocenters. The lowest BCUT2D eigenvalue weighted by Gasteiger charge is -2.08. The zero-order valence-electron chi connectivity index (χ0n) is 8.04. The fourth-order valence-electron chi connectivity index (χ4n) is 0.813. The third-order valence-corrected chi connectivity index (χ3v) is 1.69. The van der Waals surface area contributed by atoms with Crippen LogP contribution in [0, 0.1) is 0 Å². The first-order valence-electron chi connectivity index (χ1n) is 4.17. The van der Waals surface area contributed by atoms with E-state index in [1.807, 2.05) is 26.8 Å². The van der Waals surface area contributed by atoms with Crippen molar-refractivity contribution in [1.29, 1.82) is 0 Å². The molecule has 12 heavy (non-hydrogen) atoms. The molecule has 70 valence electrons. The molecule has 0 rings (SSSR count). The summed E-state index contributed by atoms with van der Waals surface area (Å²) in [6.07, 6.45) is 3.79.